The molecule has 0 aliphatic carbocycles. The highest BCUT2D eigenvalue weighted by atomic mass is 35.5. The molecule has 2 heterocycles. The topological polar surface area (TPSA) is 46.9 Å². The summed E-state index contributed by atoms with van der Waals surface area (Å²) >= 11 is 5.74. The lowest BCUT2D eigenvalue weighted by Crippen LogP contribution is -2.31. The summed E-state index contributed by atoms with van der Waals surface area (Å²) in [6.45, 7) is 1.83. The fourth-order valence-electron chi connectivity index (χ4n) is 2.28. The second-order valence-corrected chi connectivity index (χ2v) is 5.19. The van der Waals surface area contributed by atoms with Crippen LogP contribution in [0.5, 0.6) is 0 Å². The minimum atomic E-state index is -0.466. The van der Waals surface area contributed by atoms with Gasteiger partial charge in [0, 0.05) is 25.6 Å². The van der Waals surface area contributed by atoms with E-state index in [1.165, 1.54) is 16.8 Å². The van der Waals surface area contributed by atoms with Crippen molar-refractivity contribution in [3.8, 4) is 0 Å². The van der Waals surface area contributed by atoms with Crippen LogP contribution in [0.4, 0.5) is 4.39 Å². The molecule has 104 valence electrons. The second kappa shape index (κ2) is 5.34. The first-order chi connectivity index (χ1) is 9.63. The Kier molecular flexibility index (Phi) is 3.54. The van der Waals surface area contributed by atoms with Crippen molar-refractivity contribution >= 4 is 11.6 Å². The van der Waals surface area contributed by atoms with Gasteiger partial charge < -0.3 is 5.32 Å². The van der Waals surface area contributed by atoms with Gasteiger partial charge in [-0.3, -0.25) is 4.79 Å². The lowest BCUT2D eigenvalue weighted by Gasteiger charge is -2.17. The third kappa shape index (κ3) is 2.59. The monoisotopic (exact) mass is 293 g/mol. The van der Waals surface area contributed by atoms with Crippen molar-refractivity contribution < 1.29 is 4.39 Å². The summed E-state index contributed by atoms with van der Waals surface area (Å²) in [5.41, 5.74) is 2.49. The second-order valence-electron chi connectivity index (χ2n) is 4.79. The highest BCUT2D eigenvalue weighted by molar-refractivity contribution is 6.30. The van der Waals surface area contributed by atoms with E-state index in [-0.39, 0.29) is 10.6 Å². The lowest BCUT2D eigenvalue weighted by atomic mass is 10.1. The largest absolute Gasteiger partial charge is 0.312 e. The van der Waals surface area contributed by atoms with Crippen molar-refractivity contribution in [2.75, 3.05) is 6.54 Å². The number of nitrogens with zero attached hydrogens (tertiary/aromatic N) is 2. The van der Waals surface area contributed by atoms with Crippen LogP contribution in [0, 0.1) is 5.82 Å². The molecule has 0 saturated carbocycles. The molecule has 20 heavy (non-hydrogen) atoms. The van der Waals surface area contributed by atoms with Crippen LogP contribution in [0.15, 0.2) is 29.1 Å². The molecule has 0 atom stereocenters. The Morgan fingerprint density at radius 2 is 2.25 bits per heavy atom. The molecule has 0 unspecified atom stereocenters. The fraction of sp³-hybridized carbons (Fsp3) is 0.286. The van der Waals surface area contributed by atoms with Crippen LogP contribution in [0.1, 0.15) is 16.8 Å². The summed E-state index contributed by atoms with van der Waals surface area (Å²) in [6, 6.07) is 6.03. The first-order valence-corrected chi connectivity index (χ1v) is 6.76. The summed E-state index contributed by atoms with van der Waals surface area (Å²) < 4.78 is 14.5. The van der Waals surface area contributed by atoms with Crippen LogP contribution in [-0.2, 0) is 19.5 Å². The maximum Gasteiger partial charge on any atom is 0.267 e. The Balaban J connectivity index is 1.94. The van der Waals surface area contributed by atoms with Gasteiger partial charge in [0.2, 0.25) is 0 Å². The molecule has 1 N–H and O–H groups in total. The summed E-state index contributed by atoms with van der Waals surface area (Å²) in [5, 5.41) is 7.64. The molecule has 6 heteroatoms. The average molecular weight is 294 g/mol. The van der Waals surface area contributed by atoms with E-state index in [1.807, 2.05) is 0 Å². The van der Waals surface area contributed by atoms with E-state index in [4.69, 9.17) is 11.6 Å². The van der Waals surface area contributed by atoms with Gasteiger partial charge in [-0.1, -0.05) is 17.7 Å². The molecular formula is C14H13ClFN3O. The molecule has 0 radical (unpaired) electrons. The van der Waals surface area contributed by atoms with E-state index in [0.29, 0.717) is 13.1 Å². The molecule has 2 aromatic rings. The van der Waals surface area contributed by atoms with E-state index in [2.05, 4.69) is 10.4 Å². The molecule has 0 fully saturated rings. The van der Waals surface area contributed by atoms with Crippen molar-refractivity contribution in [2.24, 2.45) is 0 Å². The van der Waals surface area contributed by atoms with Crippen molar-refractivity contribution in [1.82, 2.24) is 15.1 Å². The van der Waals surface area contributed by atoms with Gasteiger partial charge in [-0.05, 0) is 23.3 Å². The zero-order valence-electron chi connectivity index (χ0n) is 10.7. The van der Waals surface area contributed by atoms with Gasteiger partial charge in [0.05, 0.1) is 17.3 Å². The van der Waals surface area contributed by atoms with Crippen LogP contribution in [0.25, 0.3) is 0 Å². The molecule has 1 aliphatic rings. The minimum absolute atomic E-state index is 0.0534. The quantitative estimate of drug-likeness (QED) is 0.917. The van der Waals surface area contributed by atoms with Crippen molar-refractivity contribution in [2.45, 2.75) is 19.5 Å². The van der Waals surface area contributed by atoms with Crippen LogP contribution in [-0.4, -0.2) is 16.3 Å². The van der Waals surface area contributed by atoms with Gasteiger partial charge in [0.25, 0.3) is 5.56 Å². The zero-order chi connectivity index (χ0) is 14.1. The third-order valence-electron chi connectivity index (χ3n) is 3.33. The molecule has 4 nitrogen and oxygen atoms in total. The Labute approximate surface area is 120 Å². The van der Waals surface area contributed by atoms with Crippen molar-refractivity contribution in [3.05, 3.63) is 62.3 Å². The highest BCUT2D eigenvalue weighted by Crippen LogP contribution is 2.16. The number of nitrogens with one attached hydrogen (secondary N) is 1. The smallest absolute Gasteiger partial charge is 0.267 e. The fourth-order valence-corrected chi connectivity index (χ4v) is 2.49. The van der Waals surface area contributed by atoms with E-state index >= 15 is 0 Å². The number of aromatic nitrogens is 2. The van der Waals surface area contributed by atoms with Crippen molar-refractivity contribution in [3.63, 3.8) is 0 Å². The van der Waals surface area contributed by atoms with Gasteiger partial charge in [-0.2, -0.15) is 5.10 Å². The van der Waals surface area contributed by atoms with Gasteiger partial charge in [0.15, 0.2) is 0 Å². The molecule has 0 saturated heterocycles. The number of halogens is 2. The lowest BCUT2D eigenvalue weighted by molar-refractivity contribution is 0.561. The molecule has 1 aromatic heterocycles. The Morgan fingerprint density at radius 3 is 3.05 bits per heavy atom. The standard InChI is InChI=1S/C14H13ClFN3O/c15-11-5-9(1-2-12(11)16)8-19-14(20)6-10-7-17-4-3-13(10)18-19/h1-2,5-6,17H,3-4,7-8H2. The first kappa shape index (κ1) is 13.3. The Morgan fingerprint density at radius 1 is 1.40 bits per heavy atom. The molecule has 0 bridgehead atoms. The molecule has 1 aliphatic heterocycles. The van der Waals surface area contributed by atoms with E-state index in [9.17, 15) is 9.18 Å². The van der Waals surface area contributed by atoms with E-state index < -0.39 is 5.82 Å². The average Bonchev–Trinajstić information content (AvgIpc) is 2.44. The van der Waals surface area contributed by atoms with Gasteiger partial charge in [-0.25, -0.2) is 9.07 Å². The van der Waals surface area contributed by atoms with E-state index in [0.717, 1.165) is 29.8 Å². The summed E-state index contributed by atoms with van der Waals surface area (Å²) in [6.07, 6.45) is 0.805. The number of fused-ring (bicyclic) bond motifs is 1. The molecule has 0 amide bonds. The van der Waals surface area contributed by atoms with Crippen LogP contribution in [0.2, 0.25) is 5.02 Å². The van der Waals surface area contributed by atoms with Crippen molar-refractivity contribution in [1.29, 1.82) is 0 Å². The number of benzene rings is 1. The number of hydrogen-bond acceptors (Lipinski definition) is 3. The Hall–Kier alpha value is -1.72. The number of rotatable bonds is 2. The maximum atomic E-state index is 13.1. The summed E-state index contributed by atoms with van der Waals surface area (Å²) in [4.78, 5) is 12.0. The van der Waals surface area contributed by atoms with E-state index in [1.54, 1.807) is 12.1 Å². The maximum absolute atomic E-state index is 13.1. The highest BCUT2D eigenvalue weighted by Gasteiger charge is 2.13. The number of hydrogen-bond donors (Lipinski definition) is 1. The Bertz CT molecular complexity index is 714. The van der Waals surface area contributed by atoms with Crippen LogP contribution >= 0.6 is 11.6 Å². The summed E-state index contributed by atoms with van der Waals surface area (Å²) in [7, 11) is 0. The SMILES string of the molecule is O=c1cc2c(nn1Cc1ccc(F)c(Cl)c1)CCNC2. The molecular weight excluding hydrogens is 281 g/mol. The third-order valence-corrected chi connectivity index (χ3v) is 3.62. The normalized spacial score (nSPS) is 14.1. The van der Waals surface area contributed by atoms with Gasteiger partial charge in [0.1, 0.15) is 5.82 Å². The zero-order valence-corrected chi connectivity index (χ0v) is 11.5. The van der Waals surface area contributed by atoms with Gasteiger partial charge >= 0.3 is 0 Å². The van der Waals surface area contributed by atoms with Gasteiger partial charge in [-0.15, -0.1) is 0 Å². The predicted molar refractivity (Wildman–Crippen MR) is 74.4 cm³/mol. The first-order valence-electron chi connectivity index (χ1n) is 6.38. The molecule has 3 rings (SSSR count). The molecule has 0 spiro atoms. The minimum Gasteiger partial charge on any atom is -0.312 e. The predicted octanol–water partition coefficient (Wildman–Crippen LogP) is 1.73. The van der Waals surface area contributed by atoms with Crippen LogP contribution in [0.3, 0.4) is 0 Å². The summed E-state index contributed by atoms with van der Waals surface area (Å²) in [5.74, 6) is -0.466. The molecule has 1 aromatic carbocycles. The van der Waals surface area contributed by atoms with Crippen LogP contribution < -0.4 is 10.9 Å².